The van der Waals surface area contributed by atoms with Gasteiger partial charge in [-0.3, -0.25) is 0 Å². The van der Waals surface area contributed by atoms with Crippen LogP contribution in [-0.2, 0) is 0 Å². The van der Waals surface area contributed by atoms with E-state index in [9.17, 15) is 0 Å². The Morgan fingerprint density at radius 2 is 2.00 bits per heavy atom. The summed E-state index contributed by atoms with van der Waals surface area (Å²) in [4.78, 5) is 2.31. The van der Waals surface area contributed by atoms with Crippen molar-refractivity contribution in [2.75, 3.05) is 7.05 Å². The molecule has 2 rings (SSSR count). The van der Waals surface area contributed by atoms with E-state index in [1.165, 1.54) is 28.8 Å². The Kier molecular flexibility index (Phi) is 2.56. The summed E-state index contributed by atoms with van der Waals surface area (Å²) in [6, 6.07) is 7.33. The summed E-state index contributed by atoms with van der Waals surface area (Å²) in [6.45, 7) is 8.42. The molecule has 1 aromatic carbocycles. The topological polar surface area (TPSA) is 3.24 Å². The zero-order valence-electron chi connectivity index (χ0n) is 9.88. The van der Waals surface area contributed by atoms with Crippen molar-refractivity contribution < 1.29 is 0 Å². The highest BCUT2D eigenvalue weighted by Crippen LogP contribution is 2.36. The molecule has 1 unspecified atom stereocenters. The average molecular weight is 201 g/mol. The lowest BCUT2D eigenvalue weighted by molar-refractivity contribution is 0.362. The Morgan fingerprint density at radius 3 is 2.53 bits per heavy atom. The number of allylic oxidation sites excluding steroid dienone is 1. The molecule has 1 aliphatic heterocycles. The maximum Gasteiger partial charge on any atom is 0.0539 e. The summed E-state index contributed by atoms with van der Waals surface area (Å²) < 4.78 is 0. The van der Waals surface area contributed by atoms with Crippen molar-refractivity contribution in [3.63, 3.8) is 0 Å². The lowest BCUT2D eigenvalue weighted by Crippen LogP contribution is -2.15. The van der Waals surface area contributed by atoms with Crippen LogP contribution in [0.2, 0.25) is 0 Å². The fourth-order valence-corrected chi connectivity index (χ4v) is 2.26. The molecule has 1 aliphatic rings. The van der Waals surface area contributed by atoms with Crippen molar-refractivity contribution in [3.05, 3.63) is 47.2 Å². The van der Waals surface area contributed by atoms with Gasteiger partial charge < -0.3 is 4.90 Å². The molecule has 0 aliphatic carbocycles. The van der Waals surface area contributed by atoms with Crippen LogP contribution in [0.1, 0.15) is 35.6 Å². The van der Waals surface area contributed by atoms with Crippen LogP contribution >= 0.6 is 0 Å². The van der Waals surface area contributed by atoms with Gasteiger partial charge in [0.15, 0.2) is 0 Å². The van der Waals surface area contributed by atoms with Crippen LogP contribution < -0.4 is 0 Å². The highest BCUT2D eigenvalue weighted by molar-refractivity contribution is 5.33. The summed E-state index contributed by atoms with van der Waals surface area (Å²) in [5.41, 5.74) is 5.45. The summed E-state index contributed by atoms with van der Waals surface area (Å²) in [5.74, 6) is 0. The Labute approximate surface area is 92.4 Å². The molecule has 15 heavy (non-hydrogen) atoms. The van der Waals surface area contributed by atoms with Gasteiger partial charge in [-0.05, 0) is 43.4 Å². The number of aryl methyl sites for hydroxylation is 2. The van der Waals surface area contributed by atoms with Crippen LogP contribution in [0.15, 0.2) is 30.5 Å². The molecule has 0 bridgehead atoms. The number of hydrogen-bond donors (Lipinski definition) is 0. The molecule has 1 heteroatoms. The lowest BCUT2D eigenvalue weighted by Gasteiger charge is -2.23. The van der Waals surface area contributed by atoms with E-state index in [1.807, 2.05) is 0 Å². The zero-order valence-corrected chi connectivity index (χ0v) is 9.88. The third-order valence-corrected chi connectivity index (χ3v) is 3.59. The van der Waals surface area contributed by atoms with Crippen molar-refractivity contribution in [1.82, 2.24) is 4.90 Å². The van der Waals surface area contributed by atoms with E-state index in [0.717, 1.165) is 6.42 Å². The predicted molar refractivity (Wildman–Crippen MR) is 64.8 cm³/mol. The first-order valence-electron chi connectivity index (χ1n) is 5.57. The summed E-state index contributed by atoms with van der Waals surface area (Å²) >= 11 is 0. The molecule has 0 N–H and O–H groups in total. The maximum atomic E-state index is 4.08. The van der Waals surface area contributed by atoms with Crippen molar-refractivity contribution in [2.24, 2.45) is 0 Å². The van der Waals surface area contributed by atoms with Gasteiger partial charge >= 0.3 is 0 Å². The minimum absolute atomic E-state index is 0.539. The second-order valence-electron chi connectivity index (χ2n) is 4.58. The molecule has 0 spiro atoms. The summed E-state index contributed by atoms with van der Waals surface area (Å²) in [6.07, 6.45) is 2.34. The first-order valence-corrected chi connectivity index (χ1v) is 5.57. The Bertz CT molecular complexity index is 392. The molecule has 80 valence electrons. The first kappa shape index (κ1) is 10.3. The van der Waals surface area contributed by atoms with Gasteiger partial charge in [0.1, 0.15) is 0 Å². The van der Waals surface area contributed by atoms with E-state index >= 15 is 0 Å². The van der Waals surface area contributed by atoms with Gasteiger partial charge in [-0.25, -0.2) is 0 Å². The highest BCUT2D eigenvalue weighted by Gasteiger charge is 2.24. The van der Waals surface area contributed by atoms with Gasteiger partial charge in [-0.2, -0.15) is 0 Å². The molecule has 0 saturated carbocycles. The molecular formula is C14H19N. The standard InChI is InChI=1S/C14H19N/c1-10-5-7-13(9-11(10)2)14-8-6-12(3)15(14)4/h5,7,9,14H,3,6,8H2,1-2,4H3. The van der Waals surface area contributed by atoms with Crippen molar-refractivity contribution in [3.8, 4) is 0 Å². The maximum absolute atomic E-state index is 4.08. The molecule has 0 amide bonds. The van der Waals surface area contributed by atoms with E-state index < -0.39 is 0 Å². The van der Waals surface area contributed by atoms with Crippen molar-refractivity contribution in [1.29, 1.82) is 0 Å². The molecule has 0 radical (unpaired) electrons. The zero-order chi connectivity index (χ0) is 11.0. The fourth-order valence-electron chi connectivity index (χ4n) is 2.26. The van der Waals surface area contributed by atoms with Crippen LogP contribution in [0, 0.1) is 13.8 Å². The van der Waals surface area contributed by atoms with Gasteiger partial charge in [-0.1, -0.05) is 24.8 Å². The quantitative estimate of drug-likeness (QED) is 0.671. The molecule has 1 nitrogen and oxygen atoms in total. The number of nitrogens with zero attached hydrogens (tertiary/aromatic N) is 1. The molecular weight excluding hydrogens is 182 g/mol. The average Bonchev–Trinajstić information content (AvgIpc) is 2.53. The SMILES string of the molecule is C=C1CCC(c2ccc(C)c(C)c2)N1C. The number of likely N-dealkylation sites (tertiary alicyclic amines) is 1. The van der Waals surface area contributed by atoms with Gasteiger partial charge in [0, 0.05) is 12.7 Å². The Balaban J connectivity index is 2.30. The van der Waals surface area contributed by atoms with E-state index in [4.69, 9.17) is 0 Å². The fraction of sp³-hybridized carbons (Fsp3) is 0.429. The van der Waals surface area contributed by atoms with Crippen molar-refractivity contribution in [2.45, 2.75) is 32.7 Å². The molecule has 0 aromatic heterocycles. The summed E-state index contributed by atoms with van der Waals surface area (Å²) in [7, 11) is 2.15. The normalized spacial score (nSPS) is 21.1. The largest absolute Gasteiger partial charge is 0.371 e. The van der Waals surface area contributed by atoms with Crippen LogP contribution in [0.4, 0.5) is 0 Å². The molecule has 1 fully saturated rings. The van der Waals surface area contributed by atoms with Crippen LogP contribution in [0.3, 0.4) is 0 Å². The van der Waals surface area contributed by atoms with E-state index in [0.29, 0.717) is 6.04 Å². The Morgan fingerprint density at radius 1 is 1.27 bits per heavy atom. The summed E-state index contributed by atoms with van der Waals surface area (Å²) in [5, 5.41) is 0. The van der Waals surface area contributed by atoms with Crippen molar-refractivity contribution >= 4 is 0 Å². The van der Waals surface area contributed by atoms with Crippen LogP contribution in [0.25, 0.3) is 0 Å². The van der Waals surface area contributed by atoms with E-state index in [2.05, 4.69) is 50.6 Å². The van der Waals surface area contributed by atoms with Crippen LogP contribution in [-0.4, -0.2) is 11.9 Å². The smallest absolute Gasteiger partial charge is 0.0539 e. The number of rotatable bonds is 1. The second kappa shape index (κ2) is 3.73. The Hall–Kier alpha value is -1.24. The highest BCUT2D eigenvalue weighted by atomic mass is 15.2. The lowest BCUT2D eigenvalue weighted by atomic mass is 10.00. The van der Waals surface area contributed by atoms with Crippen LogP contribution in [0.5, 0.6) is 0 Å². The van der Waals surface area contributed by atoms with Gasteiger partial charge in [0.05, 0.1) is 6.04 Å². The van der Waals surface area contributed by atoms with Gasteiger partial charge in [0.25, 0.3) is 0 Å². The molecule has 1 atom stereocenters. The second-order valence-corrected chi connectivity index (χ2v) is 4.58. The van der Waals surface area contributed by atoms with Gasteiger partial charge in [-0.15, -0.1) is 0 Å². The minimum Gasteiger partial charge on any atom is -0.371 e. The minimum atomic E-state index is 0.539. The first-order chi connectivity index (χ1) is 7.09. The number of hydrogen-bond acceptors (Lipinski definition) is 1. The van der Waals surface area contributed by atoms with E-state index in [1.54, 1.807) is 0 Å². The van der Waals surface area contributed by atoms with E-state index in [-0.39, 0.29) is 0 Å². The monoisotopic (exact) mass is 201 g/mol. The van der Waals surface area contributed by atoms with Gasteiger partial charge in [0.2, 0.25) is 0 Å². The number of benzene rings is 1. The predicted octanol–water partition coefficient (Wildman–Crippen LogP) is 3.58. The molecule has 1 saturated heterocycles. The molecule has 1 heterocycles. The molecule has 1 aromatic rings. The third-order valence-electron chi connectivity index (χ3n) is 3.59. The third kappa shape index (κ3) is 1.79.